The molecular formula is C17H18ClNO2. The summed E-state index contributed by atoms with van der Waals surface area (Å²) in [6.45, 7) is 4.24. The van der Waals surface area contributed by atoms with Crippen molar-refractivity contribution in [2.24, 2.45) is 4.99 Å². The normalized spacial score (nSPS) is 12.7. The number of hydrogen-bond acceptors (Lipinski definition) is 3. The molecule has 110 valence electrons. The van der Waals surface area contributed by atoms with Crippen molar-refractivity contribution in [1.82, 2.24) is 0 Å². The van der Waals surface area contributed by atoms with E-state index in [1.807, 2.05) is 12.1 Å². The highest BCUT2D eigenvalue weighted by Crippen LogP contribution is 2.31. The first-order chi connectivity index (χ1) is 10.0. The lowest BCUT2D eigenvalue weighted by molar-refractivity contribution is 0.474. The molecular weight excluding hydrogens is 286 g/mol. The van der Waals surface area contributed by atoms with E-state index < -0.39 is 0 Å². The Morgan fingerprint density at radius 2 is 1.86 bits per heavy atom. The van der Waals surface area contributed by atoms with E-state index in [1.165, 1.54) is 12.3 Å². The number of phenolic OH excluding ortho intramolecular Hbond substituents is 2. The number of halogens is 1. The Morgan fingerprint density at radius 3 is 2.57 bits per heavy atom. The highest BCUT2D eigenvalue weighted by atomic mass is 35.5. The zero-order valence-corrected chi connectivity index (χ0v) is 12.8. The van der Waals surface area contributed by atoms with Gasteiger partial charge in [-0.05, 0) is 48.2 Å². The maximum absolute atomic E-state index is 9.89. The highest BCUT2D eigenvalue weighted by Gasteiger charge is 2.07. The van der Waals surface area contributed by atoms with Gasteiger partial charge in [-0.2, -0.15) is 0 Å². The predicted octanol–water partition coefficient (Wildman–Crippen LogP) is 5.02. The van der Waals surface area contributed by atoms with E-state index in [9.17, 15) is 10.2 Å². The molecule has 1 atom stereocenters. The molecule has 0 radical (unpaired) electrons. The van der Waals surface area contributed by atoms with Crippen LogP contribution < -0.4 is 0 Å². The standard InChI is InChI=1S/C17H18ClNO2/c1-3-11(2)12-4-6-17(21)15(9-12)19-10-13-8-14(18)5-7-16(13)20/h4-11,20-21H,3H2,1-2H3. The SMILES string of the molecule is CCC(C)c1ccc(O)c(N=Cc2cc(Cl)ccc2O)c1. The maximum atomic E-state index is 9.89. The number of rotatable bonds is 4. The Bertz CT molecular complexity index is 668. The summed E-state index contributed by atoms with van der Waals surface area (Å²) >= 11 is 5.89. The minimum absolute atomic E-state index is 0.0979. The van der Waals surface area contributed by atoms with E-state index >= 15 is 0 Å². The van der Waals surface area contributed by atoms with Gasteiger partial charge in [0.25, 0.3) is 0 Å². The lowest BCUT2D eigenvalue weighted by atomic mass is 9.98. The molecule has 0 aliphatic rings. The van der Waals surface area contributed by atoms with Gasteiger partial charge in [0.2, 0.25) is 0 Å². The van der Waals surface area contributed by atoms with Crippen LogP contribution in [-0.2, 0) is 0 Å². The second-order valence-electron chi connectivity index (χ2n) is 5.02. The number of hydrogen-bond donors (Lipinski definition) is 2. The van der Waals surface area contributed by atoms with Gasteiger partial charge in [-0.25, -0.2) is 0 Å². The molecule has 2 rings (SSSR count). The molecule has 0 aliphatic carbocycles. The lowest BCUT2D eigenvalue weighted by Crippen LogP contribution is -1.90. The first kappa shape index (κ1) is 15.4. The van der Waals surface area contributed by atoms with Crippen LogP contribution in [0.5, 0.6) is 11.5 Å². The predicted molar refractivity (Wildman–Crippen MR) is 87.2 cm³/mol. The van der Waals surface area contributed by atoms with E-state index in [1.54, 1.807) is 18.2 Å². The summed E-state index contributed by atoms with van der Waals surface area (Å²) in [4.78, 5) is 4.26. The second-order valence-corrected chi connectivity index (χ2v) is 5.46. The maximum Gasteiger partial charge on any atom is 0.141 e. The Balaban J connectivity index is 2.34. The van der Waals surface area contributed by atoms with Crippen molar-refractivity contribution in [3.05, 3.63) is 52.5 Å². The summed E-state index contributed by atoms with van der Waals surface area (Å²) < 4.78 is 0. The third kappa shape index (κ3) is 3.76. The first-order valence-electron chi connectivity index (χ1n) is 6.86. The van der Waals surface area contributed by atoms with Gasteiger partial charge in [-0.3, -0.25) is 4.99 Å². The van der Waals surface area contributed by atoms with Crippen molar-refractivity contribution < 1.29 is 10.2 Å². The molecule has 2 N–H and O–H groups in total. The summed E-state index contributed by atoms with van der Waals surface area (Å²) in [5.41, 5.74) is 2.11. The Morgan fingerprint density at radius 1 is 1.14 bits per heavy atom. The van der Waals surface area contributed by atoms with Gasteiger partial charge < -0.3 is 10.2 Å². The summed E-state index contributed by atoms with van der Waals surface area (Å²) in [6.07, 6.45) is 2.51. The molecule has 2 aromatic carbocycles. The molecule has 0 aromatic heterocycles. The Hall–Kier alpha value is -2.00. The minimum Gasteiger partial charge on any atom is -0.507 e. The molecule has 21 heavy (non-hydrogen) atoms. The Kier molecular flexibility index (Phi) is 4.86. The van der Waals surface area contributed by atoms with Crippen molar-refractivity contribution in [3.63, 3.8) is 0 Å². The van der Waals surface area contributed by atoms with Crippen molar-refractivity contribution in [2.75, 3.05) is 0 Å². The van der Waals surface area contributed by atoms with Crippen LogP contribution in [-0.4, -0.2) is 16.4 Å². The van der Waals surface area contributed by atoms with Crippen LogP contribution in [0.3, 0.4) is 0 Å². The van der Waals surface area contributed by atoms with E-state index in [2.05, 4.69) is 18.8 Å². The van der Waals surface area contributed by atoms with Gasteiger partial charge in [0.15, 0.2) is 0 Å². The smallest absolute Gasteiger partial charge is 0.141 e. The van der Waals surface area contributed by atoms with Crippen LogP contribution >= 0.6 is 11.6 Å². The molecule has 0 spiro atoms. The molecule has 4 heteroatoms. The van der Waals surface area contributed by atoms with Gasteiger partial charge in [-0.15, -0.1) is 0 Å². The number of aliphatic imine (C=N–C) groups is 1. The van der Waals surface area contributed by atoms with Gasteiger partial charge in [-0.1, -0.05) is 31.5 Å². The van der Waals surface area contributed by atoms with E-state index in [0.717, 1.165) is 12.0 Å². The summed E-state index contributed by atoms with van der Waals surface area (Å²) in [6, 6.07) is 10.2. The zero-order valence-electron chi connectivity index (χ0n) is 12.0. The molecule has 0 bridgehead atoms. The van der Waals surface area contributed by atoms with E-state index in [0.29, 0.717) is 22.2 Å². The molecule has 0 saturated carbocycles. The fourth-order valence-corrected chi connectivity index (χ4v) is 2.13. The number of nitrogens with zero attached hydrogens (tertiary/aromatic N) is 1. The van der Waals surface area contributed by atoms with Crippen LogP contribution in [0, 0.1) is 0 Å². The van der Waals surface area contributed by atoms with Gasteiger partial charge in [0.05, 0.1) is 0 Å². The average molecular weight is 304 g/mol. The van der Waals surface area contributed by atoms with Crippen LogP contribution in [0.25, 0.3) is 0 Å². The average Bonchev–Trinajstić information content (AvgIpc) is 2.48. The third-order valence-electron chi connectivity index (χ3n) is 3.51. The van der Waals surface area contributed by atoms with Crippen molar-refractivity contribution in [2.45, 2.75) is 26.2 Å². The second kappa shape index (κ2) is 6.64. The zero-order chi connectivity index (χ0) is 15.4. The molecule has 0 saturated heterocycles. The third-order valence-corrected chi connectivity index (χ3v) is 3.75. The molecule has 0 aliphatic heterocycles. The fraction of sp³-hybridized carbons (Fsp3) is 0.235. The largest absolute Gasteiger partial charge is 0.507 e. The minimum atomic E-state index is 0.0979. The monoisotopic (exact) mass is 303 g/mol. The number of phenols is 2. The topological polar surface area (TPSA) is 52.8 Å². The van der Waals surface area contributed by atoms with Crippen LogP contribution in [0.2, 0.25) is 5.02 Å². The van der Waals surface area contributed by atoms with Gasteiger partial charge >= 0.3 is 0 Å². The molecule has 0 heterocycles. The highest BCUT2D eigenvalue weighted by molar-refractivity contribution is 6.30. The lowest BCUT2D eigenvalue weighted by Gasteiger charge is -2.10. The van der Waals surface area contributed by atoms with Crippen LogP contribution in [0.1, 0.15) is 37.3 Å². The molecule has 1 unspecified atom stereocenters. The molecule has 2 aromatic rings. The number of aromatic hydroxyl groups is 2. The van der Waals surface area contributed by atoms with E-state index in [-0.39, 0.29) is 11.5 Å². The quantitative estimate of drug-likeness (QED) is 0.780. The van der Waals surface area contributed by atoms with Crippen molar-refractivity contribution in [1.29, 1.82) is 0 Å². The fourth-order valence-electron chi connectivity index (χ4n) is 1.95. The van der Waals surface area contributed by atoms with Gasteiger partial charge in [0, 0.05) is 16.8 Å². The van der Waals surface area contributed by atoms with Crippen LogP contribution in [0.4, 0.5) is 5.69 Å². The summed E-state index contributed by atoms with van der Waals surface area (Å²) in [5, 5.41) is 20.2. The summed E-state index contributed by atoms with van der Waals surface area (Å²) in [7, 11) is 0. The number of benzene rings is 2. The van der Waals surface area contributed by atoms with Crippen LogP contribution in [0.15, 0.2) is 41.4 Å². The molecule has 0 fully saturated rings. The molecule has 0 amide bonds. The molecule has 3 nitrogen and oxygen atoms in total. The van der Waals surface area contributed by atoms with Gasteiger partial charge in [0.1, 0.15) is 17.2 Å². The van der Waals surface area contributed by atoms with E-state index in [4.69, 9.17) is 11.6 Å². The summed E-state index contributed by atoms with van der Waals surface area (Å²) in [5.74, 6) is 0.611. The first-order valence-corrected chi connectivity index (χ1v) is 7.24. The Labute approximate surface area is 129 Å². The van der Waals surface area contributed by atoms with Crippen molar-refractivity contribution in [3.8, 4) is 11.5 Å². The van der Waals surface area contributed by atoms with Crippen molar-refractivity contribution >= 4 is 23.5 Å².